The Hall–Kier alpha value is -1.26. The quantitative estimate of drug-likeness (QED) is 0.411. The highest BCUT2D eigenvalue weighted by Crippen LogP contribution is 2.12. The van der Waals surface area contributed by atoms with Crippen molar-refractivity contribution in [2.45, 2.75) is 20.8 Å². The number of urea groups is 1. The summed E-state index contributed by atoms with van der Waals surface area (Å²) in [5.41, 5.74) is 5.65. The number of aliphatic imine (C=N–C) groups is 1. The lowest BCUT2D eigenvalue weighted by molar-refractivity contribution is 0.218. The van der Waals surface area contributed by atoms with Gasteiger partial charge in [0.1, 0.15) is 0 Å². The SMILES string of the molecule is CN(C)C(=O)NCCN=C(N)C(C)(C)C. The van der Waals surface area contributed by atoms with Gasteiger partial charge in [-0.3, -0.25) is 4.99 Å². The Labute approximate surface area is 91.7 Å². The van der Waals surface area contributed by atoms with E-state index >= 15 is 0 Å². The molecule has 0 aromatic heterocycles. The molecule has 0 aromatic rings. The topological polar surface area (TPSA) is 70.7 Å². The zero-order valence-electron chi connectivity index (χ0n) is 10.3. The molecule has 0 radical (unpaired) electrons. The summed E-state index contributed by atoms with van der Waals surface area (Å²) in [6.45, 7) is 7.04. The minimum absolute atomic E-state index is 0.106. The maximum absolute atomic E-state index is 11.1. The minimum atomic E-state index is -0.112. The summed E-state index contributed by atoms with van der Waals surface area (Å²) in [5, 5.41) is 2.71. The third-order valence-corrected chi connectivity index (χ3v) is 1.84. The zero-order chi connectivity index (χ0) is 12.1. The van der Waals surface area contributed by atoms with Crippen LogP contribution in [0.4, 0.5) is 4.79 Å². The number of carbonyl (C=O) groups is 1. The van der Waals surface area contributed by atoms with Crippen LogP contribution in [0.2, 0.25) is 0 Å². The first kappa shape index (κ1) is 13.7. The Morgan fingerprint density at radius 3 is 2.33 bits per heavy atom. The van der Waals surface area contributed by atoms with E-state index in [4.69, 9.17) is 5.73 Å². The highest BCUT2D eigenvalue weighted by atomic mass is 16.2. The van der Waals surface area contributed by atoms with Crippen molar-refractivity contribution >= 4 is 11.9 Å². The van der Waals surface area contributed by atoms with E-state index in [9.17, 15) is 4.79 Å². The van der Waals surface area contributed by atoms with Crippen molar-refractivity contribution in [1.82, 2.24) is 10.2 Å². The zero-order valence-corrected chi connectivity index (χ0v) is 10.3. The molecule has 2 amide bonds. The Bertz CT molecular complexity index is 240. The van der Waals surface area contributed by atoms with Crippen LogP contribution in [-0.4, -0.2) is 44.0 Å². The number of nitrogens with one attached hydrogen (secondary N) is 1. The van der Waals surface area contributed by atoms with E-state index < -0.39 is 0 Å². The molecule has 0 spiro atoms. The third kappa shape index (κ3) is 5.93. The molecule has 3 N–H and O–H groups in total. The van der Waals surface area contributed by atoms with E-state index in [1.165, 1.54) is 4.90 Å². The number of carbonyl (C=O) groups excluding carboxylic acids is 1. The van der Waals surface area contributed by atoms with E-state index in [0.717, 1.165) is 0 Å². The van der Waals surface area contributed by atoms with Gasteiger partial charge in [0.25, 0.3) is 0 Å². The van der Waals surface area contributed by atoms with Crippen LogP contribution in [0, 0.1) is 5.41 Å². The highest BCUT2D eigenvalue weighted by Gasteiger charge is 2.14. The summed E-state index contributed by atoms with van der Waals surface area (Å²) < 4.78 is 0. The van der Waals surface area contributed by atoms with E-state index in [1.807, 2.05) is 20.8 Å². The summed E-state index contributed by atoms with van der Waals surface area (Å²) in [5.74, 6) is 0.613. The summed E-state index contributed by atoms with van der Waals surface area (Å²) >= 11 is 0. The van der Waals surface area contributed by atoms with Crippen molar-refractivity contribution in [3.63, 3.8) is 0 Å². The average Bonchev–Trinajstić information content (AvgIpc) is 2.09. The molecule has 0 fully saturated rings. The van der Waals surface area contributed by atoms with Gasteiger partial charge in [0.15, 0.2) is 0 Å². The normalized spacial score (nSPS) is 12.5. The fourth-order valence-corrected chi connectivity index (χ4v) is 0.734. The third-order valence-electron chi connectivity index (χ3n) is 1.84. The lowest BCUT2D eigenvalue weighted by Gasteiger charge is -2.17. The predicted octanol–water partition coefficient (Wildman–Crippen LogP) is 0.661. The lowest BCUT2D eigenvalue weighted by Crippen LogP contribution is -2.36. The first-order valence-electron chi connectivity index (χ1n) is 5.00. The van der Waals surface area contributed by atoms with E-state index in [1.54, 1.807) is 14.1 Å². The molecule has 0 rings (SSSR count). The van der Waals surface area contributed by atoms with Crippen LogP contribution in [0.15, 0.2) is 4.99 Å². The smallest absolute Gasteiger partial charge is 0.316 e. The average molecular weight is 214 g/mol. The fraction of sp³-hybridized carbons (Fsp3) is 0.800. The van der Waals surface area contributed by atoms with Gasteiger partial charge in [0.05, 0.1) is 12.4 Å². The number of nitrogens with two attached hydrogens (primary N) is 1. The van der Waals surface area contributed by atoms with Gasteiger partial charge >= 0.3 is 6.03 Å². The van der Waals surface area contributed by atoms with Gasteiger partial charge in [-0.1, -0.05) is 20.8 Å². The molecule has 15 heavy (non-hydrogen) atoms. The van der Waals surface area contributed by atoms with Crippen LogP contribution in [0.1, 0.15) is 20.8 Å². The van der Waals surface area contributed by atoms with Crippen LogP contribution >= 0.6 is 0 Å². The molecule has 0 saturated carbocycles. The van der Waals surface area contributed by atoms with Crippen molar-refractivity contribution in [3.05, 3.63) is 0 Å². The molecule has 0 aliphatic carbocycles. The molecule has 0 aliphatic heterocycles. The highest BCUT2D eigenvalue weighted by molar-refractivity contribution is 5.85. The molecule has 0 aromatic carbocycles. The van der Waals surface area contributed by atoms with Crippen molar-refractivity contribution in [3.8, 4) is 0 Å². The molecule has 0 unspecified atom stereocenters. The number of nitrogens with zero attached hydrogens (tertiary/aromatic N) is 2. The molecule has 5 nitrogen and oxygen atoms in total. The van der Waals surface area contributed by atoms with Crippen molar-refractivity contribution in [2.24, 2.45) is 16.1 Å². The molecule has 0 bridgehead atoms. The molecule has 5 heteroatoms. The van der Waals surface area contributed by atoms with Crippen LogP contribution < -0.4 is 11.1 Å². The Morgan fingerprint density at radius 1 is 1.40 bits per heavy atom. The van der Waals surface area contributed by atoms with Crippen LogP contribution in [0.3, 0.4) is 0 Å². The largest absolute Gasteiger partial charge is 0.387 e. The van der Waals surface area contributed by atoms with Gasteiger partial charge in [-0.15, -0.1) is 0 Å². The molecular weight excluding hydrogens is 192 g/mol. The van der Waals surface area contributed by atoms with E-state index in [0.29, 0.717) is 18.9 Å². The summed E-state index contributed by atoms with van der Waals surface area (Å²) in [4.78, 5) is 16.8. The van der Waals surface area contributed by atoms with Crippen LogP contribution in [0.5, 0.6) is 0 Å². The second-order valence-electron chi connectivity index (χ2n) is 4.64. The Balaban J connectivity index is 3.85. The Morgan fingerprint density at radius 2 is 1.93 bits per heavy atom. The molecule has 0 aliphatic rings. The van der Waals surface area contributed by atoms with Gasteiger partial charge < -0.3 is 16.0 Å². The molecule has 88 valence electrons. The van der Waals surface area contributed by atoms with E-state index in [-0.39, 0.29) is 11.4 Å². The van der Waals surface area contributed by atoms with Crippen molar-refractivity contribution < 1.29 is 4.79 Å². The monoisotopic (exact) mass is 214 g/mol. The maximum atomic E-state index is 11.1. The van der Waals surface area contributed by atoms with Gasteiger partial charge in [0, 0.05) is 26.1 Å². The summed E-state index contributed by atoms with van der Waals surface area (Å²) in [6.07, 6.45) is 0. The number of amides is 2. The first-order valence-corrected chi connectivity index (χ1v) is 5.00. The van der Waals surface area contributed by atoms with E-state index in [2.05, 4.69) is 10.3 Å². The second-order valence-corrected chi connectivity index (χ2v) is 4.64. The van der Waals surface area contributed by atoms with Crippen molar-refractivity contribution in [2.75, 3.05) is 27.2 Å². The molecular formula is C10H22N4O. The van der Waals surface area contributed by atoms with Gasteiger partial charge in [-0.05, 0) is 0 Å². The van der Waals surface area contributed by atoms with Gasteiger partial charge in [-0.2, -0.15) is 0 Å². The number of hydrogen-bond acceptors (Lipinski definition) is 2. The fourth-order valence-electron chi connectivity index (χ4n) is 0.734. The van der Waals surface area contributed by atoms with Gasteiger partial charge in [-0.25, -0.2) is 4.79 Å². The standard InChI is InChI=1S/C10H22N4O/c1-10(2,3)8(11)12-6-7-13-9(15)14(4)5/h6-7H2,1-5H3,(H2,11,12)(H,13,15). The van der Waals surface area contributed by atoms with Crippen molar-refractivity contribution in [1.29, 1.82) is 0 Å². The number of amidine groups is 1. The molecule has 0 saturated heterocycles. The second kappa shape index (κ2) is 5.58. The summed E-state index contributed by atoms with van der Waals surface area (Å²) in [6, 6.07) is -0.112. The first-order chi connectivity index (χ1) is 6.75. The lowest BCUT2D eigenvalue weighted by atomic mass is 9.95. The minimum Gasteiger partial charge on any atom is -0.387 e. The maximum Gasteiger partial charge on any atom is 0.316 e. The van der Waals surface area contributed by atoms with Crippen LogP contribution in [0.25, 0.3) is 0 Å². The number of rotatable bonds is 3. The Kier molecular flexibility index (Phi) is 5.11. The summed E-state index contributed by atoms with van der Waals surface area (Å²) in [7, 11) is 3.39. The number of hydrogen-bond donors (Lipinski definition) is 2. The van der Waals surface area contributed by atoms with Gasteiger partial charge in [0.2, 0.25) is 0 Å². The van der Waals surface area contributed by atoms with Crippen LogP contribution in [-0.2, 0) is 0 Å². The molecule has 0 heterocycles. The molecule has 0 atom stereocenters. The predicted molar refractivity (Wildman–Crippen MR) is 63.0 cm³/mol.